The Bertz CT molecular complexity index is 937. The zero-order chi connectivity index (χ0) is 22.6. The van der Waals surface area contributed by atoms with Crippen molar-refractivity contribution < 1.29 is 14.3 Å². The van der Waals surface area contributed by atoms with Crippen molar-refractivity contribution >= 4 is 29.4 Å². The van der Waals surface area contributed by atoms with E-state index in [1.807, 2.05) is 43.9 Å². The largest absolute Gasteiger partial charge is 0.444 e. The lowest BCUT2D eigenvalue weighted by molar-refractivity contribution is 0.0162. The summed E-state index contributed by atoms with van der Waals surface area (Å²) in [7, 11) is 0. The Morgan fingerprint density at radius 3 is 2.81 bits per heavy atom. The minimum absolute atomic E-state index is 0.150. The first-order valence-electron chi connectivity index (χ1n) is 10.5. The molecule has 168 valence electrons. The fraction of sp³-hybridized carbons (Fsp3) is 0.500. The highest BCUT2D eigenvalue weighted by molar-refractivity contribution is 6.30. The van der Waals surface area contributed by atoms with Crippen molar-refractivity contribution in [2.75, 3.05) is 11.9 Å². The van der Waals surface area contributed by atoms with E-state index in [2.05, 4.69) is 15.3 Å². The molecule has 3 rings (SSSR count). The SMILES string of the molecule is CC(C)(C)OC(=O)N1CCCCC[C@@H]1c1cc(Cl)ccc1CNc1nc[nH]c1C(N)=O. The Kier molecular flexibility index (Phi) is 7.10. The van der Waals surface area contributed by atoms with Crippen LogP contribution >= 0.6 is 11.6 Å². The molecule has 2 aromatic rings. The average Bonchev–Trinajstić information content (AvgIpc) is 3.01. The molecule has 0 aliphatic carbocycles. The maximum absolute atomic E-state index is 13.0. The summed E-state index contributed by atoms with van der Waals surface area (Å²) in [5.74, 6) is -0.200. The van der Waals surface area contributed by atoms with Gasteiger partial charge in [0.1, 0.15) is 11.3 Å². The Morgan fingerprint density at radius 2 is 2.10 bits per heavy atom. The third kappa shape index (κ3) is 5.91. The van der Waals surface area contributed by atoms with Gasteiger partial charge in [0, 0.05) is 18.1 Å². The fourth-order valence-corrected chi connectivity index (χ4v) is 3.98. The normalized spacial score (nSPS) is 17.2. The van der Waals surface area contributed by atoms with Gasteiger partial charge in [-0.2, -0.15) is 0 Å². The second-order valence-corrected chi connectivity index (χ2v) is 9.16. The van der Waals surface area contributed by atoms with Crippen LogP contribution in [0.4, 0.5) is 10.6 Å². The highest BCUT2D eigenvalue weighted by Crippen LogP contribution is 2.35. The van der Waals surface area contributed by atoms with Crippen molar-refractivity contribution in [3.8, 4) is 0 Å². The van der Waals surface area contributed by atoms with Crippen LogP contribution in [0.1, 0.15) is 74.1 Å². The number of carbonyl (C=O) groups is 2. The molecule has 1 aliphatic heterocycles. The number of primary amides is 1. The Morgan fingerprint density at radius 1 is 1.32 bits per heavy atom. The van der Waals surface area contributed by atoms with Gasteiger partial charge < -0.3 is 25.7 Å². The molecule has 8 nitrogen and oxygen atoms in total. The van der Waals surface area contributed by atoms with Gasteiger partial charge in [-0.05, 0) is 56.9 Å². The van der Waals surface area contributed by atoms with Crippen LogP contribution < -0.4 is 11.1 Å². The minimum Gasteiger partial charge on any atom is -0.444 e. The molecule has 1 atom stereocenters. The molecular weight excluding hydrogens is 418 g/mol. The summed E-state index contributed by atoms with van der Waals surface area (Å²) < 4.78 is 5.69. The summed E-state index contributed by atoms with van der Waals surface area (Å²) in [5, 5.41) is 3.77. The second kappa shape index (κ2) is 9.60. The Hall–Kier alpha value is -2.74. The number of halogens is 1. The Balaban J connectivity index is 1.89. The van der Waals surface area contributed by atoms with E-state index < -0.39 is 11.5 Å². The molecule has 9 heteroatoms. The van der Waals surface area contributed by atoms with Crippen LogP contribution in [0, 0.1) is 0 Å². The van der Waals surface area contributed by atoms with Gasteiger partial charge in [-0.3, -0.25) is 4.79 Å². The first-order valence-corrected chi connectivity index (χ1v) is 10.9. The van der Waals surface area contributed by atoms with Crippen LogP contribution in [0.15, 0.2) is 24.5 Å². The molecular formula is C22H30ClN5O3. The van der Waals surface area contributed by atoms with E-state index in [0.29, 0.717) is 23.9 Å². The number of H-pyrrole nitrogens is 1. The van der Waals surface area contributed by atoms with Crippen molar-refractivity contribution in [3.05, 3.63) is 46.4 Å². The molecule has 0 radical (unpaired) electrons. The van der Waals surface area contributed by atoms with Crippen molar-refractivity contribution in [1.29, 1.82) is 0 Å². The lowest BCUT2D eigenvalue weighted by Gasteiger charge is -2.33. The number of benzene rings is 1. The van der Waals surface area contributed by atoms with Crippen LogP contribution in [0.3, 0.4) is 0 Å². The quantitative estimate of drug-likeness (QED) is 0.618. The molecule has 1 aromatic carbocycles. The van der Waals surface area contributed by atoms with Crippen LogP contribution in [-0.4, -0.2) is 39.0 Å². The number of nitrogens with zero attached hydrogens (tertiary/aromatic N) is 2. The molecule has 1 saturated heterocycles. The molecule has 1 aromatic heterocycles. The monoisotopic (exact) mass is 447 g/mol. The number of ether oxygens (including phenoxy) is 1. The number of nitrogens with one attached hydrogen (secondary N) is 2. The summed E-state index contributed by atoms with van der Waals surface area (Å²) in [5.41, 5.74) is 6.96. The van der Waals surface area contributed by atoms with Crippen LogP contribution in [0.5, 0.6) is 0 Å². The van der Waals surface area contributed by atoms with E-state index in [9.17, 15) is 9.59 Å². The third-order valence-corrected chi connectivity index (χ3v) is 5.41. The maximum atomic E-state index is 13.0. The summed E-state index contributed by atoms with van der Waals surface area (Å²) >= 11 is 6.34. The number of carbonyl (C=O) groups excluding carboxylic acids is 2. The molecule has 2 heterocycles. The van der Waals surface area contributed by atoms with Crippen LogP contribution in [0.2, 0.25) is 5.02 Å². The second-order valence-electron chi connectivity index (χ2n) is 8.73. The lowest BCUT2D eigenvalue weighted by Crippen LogP contribution is -2.39. The third-order valence-electron chi connectivity index (χ3n) is 5.18. The van der Waals surface area contributed by atoms with Gasteiger partial charge in [0.25, 0.3) is 5.91 Å². The number of rotatable bonds is 5. The highest BCUT2D eigenvalue weighted by Gasteiger charge is 2.31. The van der Waals surface area contributed by atoms with E-state index in [0.717, 1.165) is 36.8 Å². The van der Waals surface area contributed by atoms with Gasteiger partial charge in [-0.25, -0.2) is 9.78 Å². The highest BCUT2D eigenvalue weighted by atomic mass is 35.5. The number of imidazole rings is 1. The van der Waals surface area contributed by atoms with E-state index in [4.69, 9.17) is 22.1 Å². The smallest absolute Gasteiger partial charge is 0.410 e. The van der Waals surface area contributed by atoms with Gasteiger partial charge in [-0.1, -0.05) is 30.5 Å². The predicted molar refractivity (Wildman–Crippen MR) is 120 cm³/mol. The fourth-order valence-electron chi connectivity index (χ4n) is 3.80. The summed E-state index contributed by atoms with van der Waals surface area (Å²) in [6, 6.07) is 5.50. The molecule has 0 saturated carbocycles. The standard InChI is InChI=1S/C22H30ClN5O3/c1-22(2,3)31-21(30)28-10-6-4-5-7-17(28)16-11-15(23)9-8-14(16)12-25-20-18(19(24)29)26-13-27-20/h8-9,11,13,17,25H,4-7,10,12H2,1-3H3,(H2,24,29)(H,26,27)/t17-/m1/s1. The van der Waals surface area contributed by atoms with E-state index in [1.54, 1.807) is 0 Å². The Labute approximate surface area is 187 Å². The minimum atomic E-state index is -0.587. The van der Waals surface area contributed by atoms with E-state index >= 15 is 0 Å². The number of hydrogen-bond donors (Lipinski definition) is 3. The molecule has 31 heavy (non-hydrogen) atoms. The van der Waals surface area contributed by atoms with Crippen LogP contribution in [-0.2, 0) is 11.3 Å². The molecule has 4 N–H and O–H groups in total. The summed E-state index contributed by atoms with van der Waals surface area (Å²) in [6.07, 6.45) is 4.91. The van der Waals surface area contributed by atoms with Crippen LogP contribution in [0.25, 0.3) is 0 Å². The number of aromatic nitrogens is 2. The van der Waals surface area contributed by atoms with Crippen molar-refractivity contribution in [2.45, 2.75) is 64.6 Å². The van der Waals surface area contributed by atoms with Gasteiger partial charge in [0.2, 0.25) is 0 Å². The number of hydrogen-bond acceptors (Lipinski definition) is 5. The number of amides is 2. The van der Waals surface area contributed by atoms with Gasteiger partial charge in [0.05, 0.1) is 12.4 Å². The molecule has 1 aliphatic rings. The van der Waals surface area contributed by atoms with Gasteiger partial charge in [-0.15, -0.1) is 0 Å². The average molecular weight is 448 g/mol. The zero-order valence-electron chi connectivity index (χ0n) is 18.2. The number of aromatic amines is 1. The predicted octanol–water partition coefficient (Wildman–Crippen LogP) is 4.63. The zero-order valence-corrected chi connectivity index (χ0v) is 19.0. The van der Waals surface area contributed by atoms with Crippen molar-refractivity contribution in [3.63, 3.8) is 0 Å². The van der Waals surface area contributed by atoms with Crippen molar-refractivity contribution in [1.82, 2.24) is 14.9 Å². The van der Waals surface area contributed by atoms with E-state index in [1.165, 1.54) is 6.33 Å². The van der Waals surface area contributed by atoms with Crippen molar-refractivity contribution in [2.24, 2.45) is 5.73 Å². The summed E-state index contributed by atoms with van der Waals surface area (Å²) in [6.45, 7) is 6.63. The van der Waals surface area contributed by atoms with Gasteiger partial charge in [0.15, 0.2) is 5.82 Å². The maximum Gasteiger partial charge on any atom is 0.410 e. The topological polar surface area (TPSA) is 113 Å². The molecule has 1 fully saturated rings. The summed E-state index contributed by atoms with van der Waals surface area (Å²) in [4.78, 5) is 33.2. The first kappa shape index (κ1) is 22.9. The molecule has 0 bridgehead atoms. The molecule has 0 spiro atoms. The number of nitrogens with two attached hydrogens (primary N) is 1. The first-order chi connectivity index (χ1) is 14.7. The lowest BCUT2D eigenvalue weighted by atomic mass is 9.95. The number of likely N-dealkylation sites (tertiary alicyclic amines) is 1. The molecule has 0 unspecified atom stereocenters. The van der Waals surface area contributed by atoms with Gasteiger partial charge >= 0.3 is 6.09 Å². The number of anilines is 1. The van der Waals surface area contributed by atoms with E-state index in [-0.39, 0.29) is 17.8 Å². The molecule has 2 amide bonds.